The van der Waals surface area contributed by atoms with Gasteiger partial charge in [-0.1, -0.05) is 50.1 Å². The Labute approximate surface area is 132 Å². The van der Waals surface area contributed by atoms with Crippen LogP contribution in [0.25, 0.3) is 0 Å². The van der Waals surface area contributed by atoms with Crippen LogP contribution in [0.1, 0.15) is 56.2 Å². The Kier molecular flexibility index (Phi) is 4.77. The van der Waals surface area contributed by atoms with Gasteiger partial charge in [-0.25, -0.2) is 0 Å². The van der Waals surface area contributed by atoms with Gasteiger partial charge in [-0.15, -0.1) is 0 Å². The zero-order valence-corrected chi connectivity index (χ0v) is 13.7. The van der Waals surface area contributed by atoms with E-state index in [4.69, 9.17) is 0 Å². The van der Waals surface area contributed by atoms with E-state index in [0.29, 0.717) is 6.04 Å². The van der Waals surface area contributed by atoms with Crippen LogP contribution in [0.4, 0.5) is 0 Å². The van der Waals surface area contributed by atoms with Gasteiger partial charge in [0, 0.05) is 11.5 Å². The molecule has 1 aromatic heterocycles. The fourth-order valence-corrected chi connectivity index (χ4v) is 4.57. The van der Waals surface area contributed by atoms with Gasteiger partial charge in [-0.05, 0) is 53.8 Å². The van der Waals surface area contributed by atoms with E-state index in [2.05, 4.69) is 59.4 Å². The highest BCUT2D eigenvalue weighted by Crippen LogP contribution is 2.49. The molecular weight excluding hydrogens is 274 g/mol. The third kappa shape index (κ3) is 2.93. The van der Waals surface area contributed by atoms with E-state index < -0.39 is 0 Å². The number of rotatable bonds is 6. The third-order valence-corrected chi connectivity index (χ3v) is 5.57. The summed E-state index contributed by atoms with van der Waals surface area (Å²) in [5, 5.41) is 8.40. The number of hydrogen-bond acceptors (Lipinski definition) is 2. The summed E-state index contributed by atoms with van der Waals surface area (Å²) in [5.74, 6) is 0. The van der Waals surface area contributed by atoms with Gasteiger partial charge < -0.3 is 5.32 Å². The van der Waals surface area contributed by atoms with Crippen molar-refractivity contribution in [2.45, 2.75) is 50.5 Å². The minimum absolute atomic E-state index is 0.275. The summed E-state index contributed by atoms with van der Waals surface area (Å²) in [5.41, 5.74) is 3.26. The number of thiophene rings is 1. The normalized spacial score (nSPS) is 18.7. The predicted molar refractivity (Wildman–Crippen MR) is 91.9 cm³/mol. The predicted octanol–water partition coefficient (Wildman–Crippen LogP) is 5.30. The lowest BCUT2D eigenvalue weighted by Gasteiger charge is -2.39. The average molecular weight is 299 g/mol. The molecule has 0 aliphatic heterocycles. The van der Waals surface area contributed by atoms with E-state index in [9.17, 15) is 0 Å². The smallest absolute Gasteiger partial charge is 0.0426 e. The van der Waals surface area contributed by atoms with Crippen LogP contribution in [0.3, 0.4) is 0 Å². The topological polar surface area (TPSA) is 12.0 Å². The summed E-state index contributed by atoms with van der Waals surface area (Å²) < 4.78 is 0. The molecule has 1 atom stereocenters. The van der Waals surface area contributed by atoms with Gasteiger partial charge in [0.05, 0.1) is 0 Å². The van der Waals surface area contributed by atoms with Gasteiger partial charge in [0.15, 0.2) is 0 Å². The van der Waals surface area contributed by atoms with Crippen molar-refractivity contribution < 1.29 is 0 Å². The lowest BCUT2D eigenvalue weighted by atomic mass is 9.70. The van der Waals surface area contributed by atoms with Crippen molar-refractivity contribution in [3.05, 3.63) is 58.3 Å². The molecular formula is C19H25NS. The van der Waals surface area contributed by atoms with Gasteiger partial charge in [-0.3, -0.25) is 0 Å². The quantitative estimate of drug-likeness (QED) is 0.763. The van der Waals surface area contributed by atoms with Crippen LogP contribution >= 0.6 is 11.3 Å². The molecule has 1 saturated carbocycles. The van der Waals surface area contributed by atoms with Crippen LogP contribution < -0.4 is 5.32 Å². The van der Waals surface area contributed by atoms with Crippen molar-refractivity contribution in [3.63, 3.8) is 0 Å². The molecule has 112 valence electrons. The van der Waals surface area contributed by atoms with Crippen molar-refractivity contribution in [3.8, 4) is 0 Å². The Bertz CT molecular complexity index is 526. The molecule has 1 heterocycles. The van der Waals surface area contributed by atoms with Crippen LogP contribution in [0.15, 0.2) is 47.2 Å². The van der Waals surface area contributed by atoms with E-state index in [1.165, 1.54) is 43.2 Å². The van der Waals surface area contributed by atoms with Crippen molar-refractivity contribution in [2.24, 2.45) is 0 Å². The molecule has 1 N–H and O–H groups in total. The number of hydrogen-bond donors (Lipinski definition) is 1. The maximum atomic E-state index is 3.86. The van der Waals surface area contributed by atoms with E-state index >= 15 is 0 Å². The van der Waals surface area contributed by atoms with Crippen LogP contribution in [-0.2, 0) is 5.41 Å². The second kappa shape index (κ2) is 6.76. The lowest BCUT2D eigenvalue weighted by molar-refractivity contribution is 0.301. The van der Waals surface area contributed by atoms with Crippen LogP contribution in [0.5, 0.6) is 0 Å². The second-order valence-electron chi connectivity index (χ2n) is 6.17. The molecule has 0 saturated heterocycles. The van der Waals surface area contributed by atoms with Gasteiger partial charge in [0.25, 0.3) is 0 Å². The number of nitrogens with one attached hydrogen (secondary N) is 1. The maximum Gasteiger partial charge on any atom is 0.0426 e. The van der Waals surface area contributed by atoms with Gasteiger partial charge in [-0.2, -0.15) is 11.3 Å². The molecule has 21 heavy (non-hydrogen) atoms. The van der Waals surface area contributed by atoms with E-state index in [-0.39, 0.29) is 5.41 Å². The molecule has 0 radical (unpaired) electrons. The van der Waals surface area contributed by atoms with Crippen molar-refractivity contribution in [2.75, 3.05) is 6.54 Å². The van der Waals surface area contributed by atoms with Crippen LogP contribution in [-0.4, -0.2) is 6.54 Å². The molecule has 1 unspecified atom stereocenters. The fourth-order valence-electron chi connectivity index (χ4n) is 3.88. The molecule has 1 nitrogen and oxygen atoms in total. The molecule has 0 spiro atoms. The zero-order valence-electron chi connectivity index (χ0n) is 12.8. The first-order valence-corrected chi connectivity index (χ1v) is 9.12. The first-order chi connectivity index (χ1) is 10.4. The van der Waals surface area contributed by atoms with Gasteiger partial charge >= 0.3 is 0 Å². The minimum Gasteiger partial charge on any atom is -0.309 e. The molecule has 1 aliphatic carbocycles. The Morgan fingerprint density at radius 1 is 1.14 bits per heavy atom. The molecule has 2 heteroatoms. The highest BCUT2D eigenvalue weighted by molar-refractivity contribution is 7.08. The molecule has 1 aromatic carbocycles. The summed E-state index contributed by atoms with van der Waals surface area (Å²) in [4.78, 5) is 0. The average Bonchev–Trinajstić information content (AvgIpc) is 3.21. The molecule has 2 aromatic rings. The molecule has 1 aliphatic rings. The van der Waals surface area contributed by atoms with Gasteiger partial charge in [0.1, 0.15) is 0 Å². The SMILES string of the molecule is CCCNC(c1ccsc1)C1(c2ccccc2)CCCC1. The molecule has 1 fully saturated rings. The van der Waals surface area contributed by atoms with E-state index in [1.54, 1.807) is 0 Å². The lowest BCUT2D eigenvalue weighted by Crippen LogP contribution is -2.40. The Morgan fingerprint density at radius 3 is 2.52 bits per heavy atom. The van der Waals surface area contributed by atoms with E-state index in [1.807, 2.05) is 11.3 Å². The first-order valence-electron chi connectivity index (χ1n) is 8.18. The number of benzene rings is 1. The van der Waals surface area contributed by atoms with Crippen molar-refractivity contribution >= 4 is 11.3 Å². The molecule has 3 rings (SSSR count). The van der Waals surface area contributed by atoms with Crippen LogP contribution in [0.2, 0.25) is 0 Å². The molecule has 0 bridgehead atoms. The summed E-state index contributed by atoms with van der Waals surface area (Å²) in [6, 6.07) is 13.9. The summed E-state index contributed by atoms with van der Waals surface area (Å²) in [7, 11) is 0. The monoisotopic (exact) mass is 299 g/mol. The minimum atomic E-state index is 0.275. The largest absolute Gasteiger partial charge is 0.309 e. The molecule has 0 amide bonds. The summed E-state index contributed by atoms with van der Waals surface area (Å²) in [6.45, 7) is 3.34. The highest BCUT2D eigenvalue weighted by atomic mass is 32.1. The highest BCUT2D eigenvalue weighted by Gasteiger charge is 2.43. The maximum absolute atomic E-state index is 3.86. The van der Waals surface area contributed by atoms with E-state index in [0.717, 1.165) is 6.54 Å². The zero-order chi connectivity index (χ0) is 14.5. The Morgan fingerprint density at radius 2 is 1.90 bits per heavy atom. The Hall–Kier alpha value is -1.12. The fraction of sp³-hybridized carbons (Fsp3) is 0.474. The van der Waals surface area contributed by atoms with Crippen molar-refractivity contribution in [1.82, 2.24) is 5.32 Å². The Balaban J connectivity index is 2.00. The van der Waals surface area contributed by atoms with Gasteiger partial charge in [0.2, 0.25) is 0 Å². The second-order valence-corrected chi connectivity index (χ2v) is 6.95. The third-order valence-electron chi connectivity index (χ3n) is 4.87. The van der Waals surface area contributed by atoms with Crippen LogP contribution in [0, 0.1) is 0 Å². The standard InChI is InChI=1S/C19H25NS/c1-2-13-20-18(16-10-14-21-15-16)19(11-6-7-12-19)17-8-4-3-5-9-17/h3-5,8-10,14-15,18,20H,2,6-7,11-13H2,1H3. The summed E-state index contributed by atoms with van der Waals surface area (Å²) >= 11 is 1.81. The summed E-state index contributed by atoms with van der Waals surface area (Å²) in [6.07, 6.45) is 6.49. The van der Waals surface area contributed by atoms with Crippen molar-refractivity contribution in [1.29, 1.82) is 0 Å². The first kappa shape index (κ1) is 14.8.